The summed E-state index contributed by atoms with van der Waals surface area (Å²) < 4.78 is 0. The predicted molar refractivity (Wildman–Crippen MR) is 125 cm³/mol. The molecule has 5 heteroatoms. The lowest BCUT2D eigenvalue weighted by atomic mass is 9.91. The normalized spacial score (nSPS) is 11.6. The molecule has 0 saturated heterocycles. The van der Waals surface area contributed by atoms with Crippen molar-refractivity contribution in [2.45, 2.75) is 61.1 Å². The molecule has 0 atom stereocenters. The van der Waals surface area contributed by atoms with Crippen LogP contribution in [0.4, 0.5) is 0 Å². The van der Waals surface area contributed by atoms with Crippen molar-refractivity contribution in [1.29, 1.82) is 0 Å². The van der Waals surface area contributed by atoms with Crippen molar-refractivity contribution in [2.75, 3.05) is 13.1 Å². The molecule has 0 N–H and O–H groups in total. The Kier molecular flexibility index (Phi) is 8.65. The van der Waals surface area contributed by atoms with Gasteiger partial charge in [-0.15, -0.1) is 11.3 Å². The van der Waals surface area contributed by atoms with Crippen LogP contribution in [-0.4, -0.2) is 34.7 Å². The van der Waals surface area contributed by atoms with Gasteiger partial charge in [-0.1, -0.05) is 65.0 Å². The molecule has 4 nitrogen and oxygen atoms in total. The van der Waals surface area contributed by atoms with Crippen LogP contribution < -0.4 is 0 Å². The first kappa shape index (κ1) is 24.1. The minimum atomic E-state index is -0.104. The van der Waals surface area contributed by atoms with Crippen LogP contribution in [0.2, 0.25) is 0 Å². The average molecular weight is 429 g/mol. The van der Waals surface area contributed by atoms with Crippen LogP contribution in [0.3, 0.4) is 0 Å². The molecule has 1 aromatic heterocycles. The van der Waals surface area contributed by atoms with Crippen LogP contribution in [0.5, 0.6) is 0 Å². The SMILES string of the molecule is Cc1ccsc1CN(Cc1ccccc1)C(=O)CN(CC(C)C)C(=O)CC(C)(C)C. The third kappa shape index (κ3) is 7.94. The lowest BCUT2D eigenvalue weighted by Gasteiger charge is -2.30. The first-order valence-corrected chi connectivity index (χ1v) is 11.6. The van der Waals surface area contributed by atoms with Gasteiger partial charge >= 0.3 is 0 Å². The minimum absolute atomic E-state index is 0.00503. The summed E-state index contributed by atoms with van der Waals surface area (Å²) >= 11 is 1.68. The average Bonchev–Trinajstić information content (AvgIpc) is 3.04. The van der Waals surface area contributed by atoms with Crippen LogP contribution in [0.25, 0.3) is 0 Å². The van der Waals surface area contributed by atoms with Crippen LogP contribution in [-0.2, 0) is 22.7 Å². The molecule has 0 aliphatic heterocycles. The molecule has 30 heavy (non-hydrogen) atoms. The highest BCUT2D eigenvalue weighted by molar-refractivity contribution is 7.10. The van der Waals surface area contributed by atoms with E-state index in [2.05, 4.69) is 53.0 Å². The van der Waals surface area contributed by atoms with E-state index < -0.39 is 0 Å². The third-order valence-electron chi connectivity index (χ3n) is 4.82. The largest absolute Gasteiger partial charge is 0.333 e. The highest BCUT2D eigenvalue weighted by Crippen LogP contribution is 2.22. The summed E-state index contributed by atoms with van der Waals surface area (Å²) in [6, 6.07) is 12.1. The van der Waals surface area contributed by atoms with E-state index in [1.165, 1.54) is 10.4 Å². The smallest absolute Gasteiger partial charge is 0.242 e. The van der Waals surface area contributed by atoms with Gasteiger partial charge in [0.25, 0.3) is 0 Å². The molecule has 2 aromatic rings. The summed E-state index contributed by atoms with van der Waals surface area (Å²) in [4.78, 5) is 31.1. The molecule has 0 aliphatic carbocycles. The van der Waals surface area contributed by atoms with E-state index in [-0.39, 0.29) is 23.8 Å². The lowest BCUT2D eigenvalue weighted by Crippen LogP contribution is -2.44. The maximum atomic E-state index is 13.4. The zero-order valence-corrected chi connectivity index (χ0v) is 20.1. The number of carbonyl (C=O) groups is 2. The molecule has 1 heterocycles. The maximum absolute atomic E-state index is 13.4. The summed E-state index contributed by atoms with van der Waals surface area (Å²) in [6.45, 7) is 14.2. The second kappa shape index (κ2) is 10.8. The molecule has 164 valence electrons. The zero-order chi connectivity index (χ0) is 22.3. The quantitative estimate of drug-likeness (QED) is 0.529. The topological polar surface area (TPSA) is 40.6 Å². The van der Waals surface area contributed by atoms with Crippen LogP contribution in [0.15, 0.2) is 41.8 Å². The number of benzene rings is 1. The number of thiophene rings is 1. The van der Waals surface area contributed by atoms with Crippen LogP contribution >= 0.6 is 11.3 Å². The van der Waals surface area contributed by atoms with Gasteiger partial charge in [-0.2, -0.15) is 0 Å². The van der Waals surface area contributed by atoms with Gasteiger partial charge in [0.1, 0.15) is 0 Å². The molecule has 2 rings (SSSR count). The fourth-order valence-electron chi connectivity index (χ4n) is 3.30. The zero-order valence-electron chi connectivity index (χ0n) is 19.3. The highest BCUT2D eigenvalue weighted by Gasteiger charge is 2.26. The molecular weight excluding hydrogens is 392 g/mol. The Morgan fingerprint density at radius 2 is 1.63 bits per heavy atom. The van der Waals surface area contributed by atoms with E-state index in [1.807, 2.05) is 35.2 Å². The first-order chi connectivity index (χ1) is 14.0. The Bertz CT molecular complexity index is 821. The van der Waals surface area contributed by atoms with E-state index in [0.29, 0.717) is 32.0 Å². The number of nitrogens with zero attached hydrogens (tertiary/aromatic N) is 2. The Hall–Kier alpha value is -2.14. The first-order valence-electron chi connectivity index (χ1n) is 10.7. The van der Waals surface area contributed by atoms with Gasteiger partial charge in [0.05, 0.1) is 13.1 Å². The molecule has 0 fully saturated rings. The van der Waals surface area contributed by atoms with E-state index >= 15 is 0 Å². The van der Waals surface area contributed by atoms with E-state index in [0.717, 1.165) is 5.56 Å². The molecule has 0 aliphatic rings. The summed E-state index contributed by atoms with van der Waals surface area (Å²) in [5.41, 5.74) is 2.19. The van der Waals surface area contributed by atoms with Crippen molar-refractivity contribution < 1.29 is 9.59 Å². The summed E-state index contributed by atoms with van der Waals surface area (Å²) in [5.74, 6) is 0.356. The predicted octanol–water partition coefficient (Wildman–Crippen LogP) is 5.51. The summed E-state index contributed by atoms with van der Waals surface area (Å²) in [5, 5.41) is 2.06. The van der Waals surface area contributed by atoms with Crippen molar-refractivity contribution in [3.8, 4) is 0 Å². The standard InChI is InChI=1S/C25H36N2O2S/c1-19(2)15-26(23(28)14-25(4,5)6)18-24(29)27(16-21-10-8-7-9-11-21)17-22-20(3)12-13-30-22/h7-13,19H,14-18H2,1-6H3. The van der Waals surface area contributed by atoms with Crippen LogP contribution in [0.1, 0.15) is 57.0 Å². The second-order valence-corrected chi connectivity index (χ2v) is 10.7. The molecule has 0 bridgehead atoms. The molecule has 1 aromatic carbocycles. The van der Waals surface area contributed by atoms with Gasteiger partial charge in [-0.05, 0) is 40.8 Å². The van der Waals surface area contributed by atoms with E-state index in [1.54, 1.807) is 16.2 Å². The molecule has 0 unspecified atom stereocenters. The van der Waals surface area contributed by atoms with Gasteiger partial charge in [0, 0.05) is 24.4 Å². The molecule has 0 spiro atoms. The van der Waals surface area contributed by atoms with E-state index in [4.69, 9.17) is 0 Å². The molecule has 0 radical (unpaired) electrons. The van der Waals surface area contributed by atoms with Gasteiger partial charge in [0.2, 0.25) is 11.8 Å². The number of hydrogen-bond acceptors (Lipinski definition) is 3. The van der Waals surface area contributed by atoms with Gasteiger partial charge in [-0.25, -0.2) is 0 Å². The lowest BCUT2D eigenvalue weighted by molar-refractivity contribution is -0.142. The highest BCUT2D eigenvalue weighted by atomic mass is 32.1. The number of aryl methyl sites for hydroxylation is 1. The summed E-state index contributed by atoms with van der Waals surface area (Å²) in [7, 11) is 0. The third-order valence-corrected chi connectivity index (χ3v) is 5.83. The number of amides is 2. The maximum Gasteiger partial charge on any atom is 0.242 e. The Morgan fingerprint density at radius 1 is 0.967 bits per heavy atom. The van der Waals surface area contributed by atoms with Crippen molar-refractivity contribution in [3.63, 3.8) is 0 Å². The summed E-state index contributed by atoms with van der Waals surface area (Å²) in [6.07, 6.45) is 0.440. The molecule has 2 amide bonds. The van der Waals surface area contributed by atoms with Crippen molar-refractivity contribution in [1.82, 2.24) is 9.80 Å². The second-order valence-electron chi connectivity index (χ2n) is 9.67. The minimum Gasteiger partial charge on any atom is -0.333 e. The van der Waals surface area contributed by atoms with Crippen LogP contribution in [0, 0.1) is 18.3 Å². The fraction of sp³-hybridized carbons (Fsp3) is 0.520. The Balaban J connectivity index is 2.20. The number of rotatable bonds is 9. The van der Waals surface area contributed by atoms with E-state index in [9.17, 15) is 9.59 Å². The fourth-order valence-corrected chi connectivity index (χ4v) is 4.22. The van der Waals surface area contributed by atoms with Crippen molar-refractivity contribution in [3.05, 3.63) is 57.8 Å². The van der Waals surface area contributed by atoms with Crippen molar-refractivity contribution >= 4 is 23.2 Å². The monoisotopic (exact) mass is 428 g/mol. The van der Waals surface area contributed by atoms with Crippen molar-refractivity contribution in [2.24, 2.45) is 11.3 Å². The Morgan fingerprint density at radius 3 is 2.17 bits per heavy atom. The number of carbonyl (C=O) groups excluding carboxylic acids is 2. The molecular formula is C25H36N2O2S. The van der Waals surface area contributed by atoms with Gasteiger partial charge in [-0.3, -0.25) is 9.59 Å². The molecule has 0 saturated carbocycles. The van der Waals surface area contributed by atoms with Gasteiger partial charge in [0.15, 0.2) is 0 Å². The Labute approximate surface area is 185 Å². The van der Waals surface area contributed by atoms with Gasteiger partial charge < -0.3 is 9.80 Å². The number of hydrogen-bond donors (Lipinski definition) is 0.